The van der Waals surface area contributed by atoms with Crippen LogP contribution in [0, 0.1) is 11.8 Å². The number of hydrogen-bond acceptors (Lipinski definition) is 3. The van der Waals surface area contributed by atoms with Gasteiger partial charge in [0.15, 0.2) is 0 Å². The van der Waals surface area contributed by atoms with Crippen molar-refractivity contribution in [3.8, 4) is 0 Å². The lowest BCUT2D eigenvalue weighted by Crippen LogP contribution is -2.49. The van der Waals surface area contributed by atoms with Crippen LogP contribution in [-0.4, -0.2) is 41.8 Å². The van der Waals surface area contributed by atoms with E-state index >= 15 is 0 Å². The topological polar surface area (TPSA) is 41.6 Å². The van der Waals surface area contributed by atoms with E-state index in [0.29, 0.717) is 12.1 Å². The molecule has 1 heterocycles. The summed E-state index contributed by atoms with van der Waals surface area (Å²) >= 11 is 0. The monoisotopic (exact) mass is 296 g/mol. The first-order valence-corrected chi connectivity index (χ1v) is 8.49. The molecule has 2 fully saturated rings. The number of carbonyl (C=O) groups excluding carboxylic acids is 1. The standard InChI is InChI=1S/C17H32N2O2/c1-12(2)13-9-14(10-13)18-11-15-7-6-8-19(15)16(20)21-17(3,4)5/h12-15,18H,6-11H2,1-5H3. The fourth-order valence-corrected chi connectivity index (χ4v) is 3.28. The van der Waals surface area contributed by atoms with E-state index in [1.165, 1.54) is 12.8 Å². The molecule has 1 unspecified atom stereocenters. The molecule has 2 aliphatic rings. The molecule has 0 radical (unpaired) electrons. The van der Waals surface area contributed by atoms with E-state index in [1.807, 2.05) is 25.7 Å². The third-order valence-electron chi connectivity index (χ3n) is 4.76. The Kier molecular flexibility index (Phi) is 5.18. The number of nitrogens with one attached hydrogen (secondary N) is 1. The summed E-state index contributed by atoms with van der Waals surface area (Å²) in [6.07, 6.45) is 4.60. The van der Waals surface area contributed by atoms with Crippen LogP contribution in [0.4, 0.5) is 4.79 Å². The highest BCUT2D eigenvalue weighted by atomic mass is 16.6. The fourth-order valence-electron chi connectivity index (χ4n) is 3.28. The summed E-state index contributed by atoms with van der Waals surface area (Å²) < 4.78 is 5.51. The Morgan fingerprint density at radius 1 is 1.33 bits per heavy atom. The van der Waals surface area contributed by atoms with Gasteiger partial charge in [0, 0.05) is 25.2 Å². The lowest BCUT2D eigenvalue weighted by Gasteiger charge is -2.39. The van der Waals surface area contributed by atoms with Gasteiger partial charge in [0.05, 0.1) is 0 Å². The molecule has 1 saturated heterocycles. The molecule has 0 aromatic rings. The fraction of sp³-hybridized carbons (Fsp3) is 0.941. The van der Waals surface area contributed by atoms with E-state index in [1.54, 1.807) is 0 Å². The molecule has 1 saturated carbocycles. The maximum atomic E-state index is 12.2. The second-order valence-electron chi connectivity index (χ2n) is 8.05. The van der Waals surface area contributed by atoms with Gasteiger partial charge in [-0.15, -0.1) is 0 Å². The van der Waals surface area contributed by atoms with Gasteiger partial charge < -0.3 is 15.0 Å². The Balaban J connectivity index is 1.74. The molecule has 0 aromatic carbocycles. The number of ether oxygens (including phenoxy) is 1. The van der Waals surface area contributed by atoms with E-state index in [9.17, 15) is 4.79 Å². The van der Waals surface area contributed by atoms with Crippen molar-refractivity contribution in [1.29, 1.82) is 0 Å². The quantitative estimate of drug-likeness (QED) is 0.864. The van der Waals surface area contributed by atoms with Crippen LogP contribution in [0.25, 0.3) is 0 Å². The van der Waals surface area contributed by atoms with Gasteiger partial charge in [-0.1, -0.05) is 13.8 Å². The van der Waals surface area contributed by atoms with Crippen LogP contribution >= 0.6 is 0 Å². The molecular weight excluding hydrogens is 264 g/mol. The lowest BCUT2D eigenvalue weighted by molar-refractivity contribution is 0.0219. The molecule has 1 amide bonds. The molecule has 4 heteroatoms. The number of amides is 1. The minimum absolute atomic E-state index is 0.152. The Hall–Kier alpha value is -0.770. The third kappa shape index (κ3) is 4.60. The highest BCUT2D eigenvalue weighted by Crippen LogP contribution is 2.33. The molecule has 1 aliphatic heterocycles. The molecule has 4 nitrogen and oxygen atoms in total. The van der Waals surface area contributed by atoms with Crippen LogP contribution in [0.15, 0.2) is 0 Å². The summed E-state index contributed by atoms with van der Waals surface area (Å²) in [6.45, 7) is 12.1. The van der Waals surface area contributed by atoms with Gasteiger partial charge in [-0.3, -0.25) is 0 Å². The van der Waals surface area contributed by atoms with Crippen LogP contribution in [0.1, 0.15) is 60.3 Å². The van der Waals surface area contributed by atoms with Crippen molar-refractivity contribution in [1.82, 2.24) is 10.2 Å². The van der Waals surface area contributed by atoms with Gasteiger partial charge in [-0.05, 0) is 58.3 Å². The van der Waals surface area contributed by atoms with Gasteiger partial charge in [-0.2, -0.15) is 0 Å². The van der Waals surface area contributed by atoms with E-state index in [2.05, 4.69) is 19.2 Å². The van der Waals surface area contributed by atoms with Crippen LogP contribution in [0.3, 0.4) is 0 Å². The van der Waals surface area contributed by atoms with Gasteiger partial charge >= 0.3 is 6.09 Å². The first kappa shape index (κ1) is 16.6. The zero-order valence-electron chi connectivity index (χ0n) is 14.3. The zero-order valence-corrected chi connectivity index (χ0v) is 14.3. The molecule has 21 heavy (non-hydrogen) atoms. The Labute approximate surface area is 129 Å². The Morgan fingerprint density at radius 2 is 2.00 bits per heavy atom. The number of hydrogen-bond donors (Lipinski definition) is 1. The molecule has 122 valence electrons. The average Bonchev–Trinajstić information content (AvgIpc) is 2.72. The molecule has 1 N–H and O–H groups in total. The van der Waals surface area contributed by atoms with Crippen molar-refractivity contribution in [3.05, 3.63) is 0 Å². The Bertz CT molecular complexity index is 356. The lowest BCUT2D eigenvalue weighted by atomic mass is 9.73. The SMILES string of the molecule is CC(C)C1CC(NCC2CCCN2C(=O)OC(C)(C)C)C1. The number of likely N-dealkylation sites (tertiary alicyclic amines) is 1. The van der Waals surface area contributed by atoms with Gasteiger partial charge in [0.25, 0.3) is 0 Å². The number of rotatable bonds is 4. The second kappa shape index (κ2) is 6.55. The number of carbonyl (C=O) groups is 1. The normalized spacial score (nSPS) is 29.6. The highest BCUT2D eigenvalue weighted by Gasteiger charge is 2.35. The number of nitrogens with zero attached hydrogens (tertiary/aromatic N) is 1. The van der Waals surface area contributed by atoms with Gasteiger partial charge in [0.2, 0.25) is 0 Å². The predicted molar refractivity (Wildman–Crippen MR) is 85.3 cm³/mol. The zero-order chi connectivity index (χ0) is 15.6. The van der Waals surface area contributed by atoms with Crippen molar-refractivity contribution >= 4 is 6.09 Å². The van der Waals surface area contributed by atoms with E-state index in [-0.39, 0.29) is 6.09 Å². The molecule has 0 aromatic heterocycles. The molecule has 0 bridgehead atoms. The highest BCUT2D eigenvalue weighted by molar-refractivity contribution is 5.69. The van der Waals surface area contributed by atoms with Crippen molar-refractivity contribution in [2.24, 2.45) is 11.8 Å². The first-order valence-electron chi connectivity index (χ1n) is 8.49. The summed E-state index contributed by atoms with van der Waals surface area (Å²) in [5, 5.41) is 3.64. The molecule has 1 aliphatic carbocycles. The van der Waals surface area contributed by atoms with Crippen LogP contribution < -0.4 is 5.32 Å². The maximum absolute atomic E-state index is 12.2. The second-order valence-corrected chi connectivity index (χ2v) is 8.05. The van der Waals surface area contributed by atoms with Crippen LogP contribution in [-0.2, 0) is 4.74 Å². The maximum Gasteiger partial charge on any atom is 0.410 e. The summed E-state index contributed by atoms with van der Waals surface area (Å²) in [4.78, 5) is 14.1. The first-order chi connectivity index (χ1) is 9.76. The van der Waals surface area contributed by atoms with Crippen molar-refractivity contribution in [2.45, 2.75) is 78.0 Å². The van der Waals surface area contributed by atoms with Crippen molar-refractivity contribution < 1.29 is 9.53 Å². The summed E-state index contributed by atoms with van der Waals surface area (Å²) in [7, 11) is 0. The van der Waals surface area contributed by atoms with E-state index in [0.717, 1.165) is 37.8 Å². The largest absolute Gasteiger partial charge is 0.444 e. The molecule has 0 spiro atoms. The third-order valence-corrected chi connectivity index (χ3v) is 4.76. The summed E-state index contributed by atoms with van der Waals surface area (Å²) in [5.41, 5.74) is -0.407. The molecule has 2 rings (SSSR count). The summed E-state index contributed by atoms with van der Waals surface area (Å²) in [5.74, 6) is 1.68. The van der Waals surface area contributed by atoms with Crippen molar-refractivity contribution in [3.63, 3.8) is 0 Å². The van der Waals surface area contributed by atoms with Crippen molar-refractivity contribution in [2.75, 3.05) is 13.1 Å². The van der Waals surface area contributed by atoms with Gasteiger partial charge in [-0.25, -0.2) is 4.79 Å². The minimum Gasteiger partial charge on any atom is -0.444 e. The molecular formula is C17H32N2O2. The van der Waals surface area contributed by atoms with Crippen LogP contribution in [0.2, 0.25) is 0 Å². The summed E-state index contributed by atoms with van der Waals surface area (Å²) in [6, 6.07) is 0.955. The van der Waals surface area contributed by atoms with E-state index in [4.69, 9.17) is 4.74 Å². The smallest absolute Gasteiger partial charge is 0.410 e. The van der Waals surface area contributed by atoms with Crippen LogP contribution in [0.5, 0.6) is 0 Å². The van der Waals surface area contributed by atoms with Gasteiger partial charge in [0.1, 0.15) is 5.60 Å². The van der Waals surface area contributed by atoms with E-state index < -0.39 is 5.60 Å². The Morgan fingerprint density at radius 3 is 2.57 bits per heavy atom. The predicted octanol–water partition coefficient (Wildman–Crippen LogP) is 3.41. The molecule has 1 atom stereocenters. The average molecular weight is 296 g/mol. The minimum atomic E-state index is -0.407.